The van der Waals surface area contributed by atoms with Crippen molar-refractivity contribution in [2.45, 2.75) is 32.6 Å². The fourth-order valence-corrected chi connectivity index (χ4v) is 2.77. The van der Waals surface area contributed by atoms with E-state index in [9.17, 15) is 9.59 Å². The van der Waals surface area contributed by atoms with Gasteiger partial charge in [-0.2, -0.15) is 0 Å². The van der Waals surface area contributed by atoms with Gasteiger partial charge in [-0.15, -0.1) is 0 Å². The summed E-state index contributed by atoms with van der Waals surface area (Å²) in [5.74, 6) is 0.781. The second kappa shape index (κ2) is 7.66. The molecular formula is C11H17NO3S2. The SMILES string of the molecule is CCOC(=O)CCCCC(=O)N1CCSC1=S. The van der Waals surface area contributed by atoms with Crippen molar-refractivity contribution in [3.63, 3.8) is 0 Å². The lowest BCUT2D eigenvalue weighted by molar-refractivity contribution is -0.143. The number of nitrogens with zero attached hydrogens (tertiary/aromatic N) is 1. The molecule has 1 saturated heterocycles. The number of carbonyl (C=O) groups is 2. The van der Waals surface area contributed by atoms with Crippen LogP contribution in [0.5, 0.6) is 0 Å². The van der Waals surface area contributed by atoms with Crippen molar-refractivity contribution in [3.8, 4) is 0 Å². The topological polar surface area (TPSA) is 46.6 Å². The van der Waals surface area contributed by atoms with Crippen molar-refractivity contribution < 1.29 is 14.3 Å². The molecule has 4 nitrogen and oxygen atoms in total. The average Bonchev–Trinajstić information content (AvgIpc) is 2.71. The van der Waals surface area contributed by atoms with E-state index >= 15 is 0 Å². The molecule has 0 spiro atoms. The Morgan fingerprint density at radius 1 is 1.41 bits per heavy atom. The van der Waals surface area contributed by atoms with Crippen LogP contribution in [0.2, 0.25) is 0 Å². The zero-order valence-electron chi connectivity index (χ0n) is 9.94. The third kappa shape index (κ3) is 5.04. The van der Waals surface area contributed by atoms with Crippen molar-refractivity contribution in [1.29, 1.82) is 0 Å². The maximum Gasteiger partial charge on any atom is 0.305 e. The lowest BCUT2D eigenvalue weighted by Crippen LogP contribution is -2.30. The Morgan fingerprint density at radius 3 is 2.71 bits per heavy atom. The zero-order valence-corrected chi connectivity index (χ0v) is 11.6. The Bertz CT molecular complexity index is 307. The largest absolute Gasteiger partial charge is 0.466 e. The maximum atomic E-state index is 11.7. The van der Waals surface area contributed by atoms with Crippen LogP contribution in [0, 0.1) is 0 Å². The fraction of sp³-hybridized carbons (Fsp3) is 0.727. The van der Waals surface area contributed by atoms with Crippen LogP contribution in [0.1, 0.15) is 32.6 Å². The second-order valence-electron chi connectivity index (χ2n) is 3.67. The Labute approximate surface area is 111 Å². The quantitative estimate of drug-likeness (QED) is 0.421. The summed E-state index contributed by atoms with van der Waals surface area (Å²) < 4.78 is 5.49. The van der Waals surface area contributed by atoms with Gasteiger partial charge in [0.05, 0.1) is 6.61 Å². The van der Waals surface area contributed by atoms with Crippen LogP contribution in [0.3, 0.4) is 0 Å². The van der Waals surface area contributed by atoms with E-state index in [-0.39, 0.29) is 11.9 Å². The van der Waals surface area contributed by atoms with Gasteiger partial charge < -0.3 is 4.74 Å². The van der Waals surface area contributed by atoms with Gasteiger partial charge >= 0.3 is 5.97 Å². The van der Waals surface area contributed by atoms with E-state index in [4.69, 9.17) is 17.0 Å². The van der Waals surface area contributed by atoms with Gasteiger partial charge in [0.2, 0.25) is 5.91 Å². The van der Waals surface area contributed by atoms with E-state index in [0.29, 0.717) is 36.6 Å². The summed E-state index contributed by atoms with van der Waals surface area (Å²) in [6.45, 7) is 2.92. The van der Waals surface area contributed by atoms with E-state index < -0.39 is 0 Å². The molecule has 96 valence electrons. The van der Waals surface area contributed by atoms with E-state index in [2.05, 4.69) is 0 Å². The number of thiocarbonyl (C=S) groups is 1. The molecule has 0 aromatic heterocycles. The number of rotatable bonds is 6. The molecule has 0 aliphatic carbocycles. The highest BCUT2D eigenvalue weighted by Crippen LogP contribution is 2.19. The number of carbonyl (C=O) groups excluding carboxylic acids is 2. The first-order valence-electron chi connectivity index (χ1n) is 5.78. The summed E-state index contributed by atoms with van der Waals surface area (Å²) in [7, 11) is 0. The predicted octanol–water partition coefficient (Wildman–Crippen LogP) is 1.97. The van der Waals surface area contributed by atoms with E-state index in [1.54, 1.807) is 23.6 Å². The van der Waals surface area contributed by atoms with Gasteiger partial charge in [0.25, 0.3) is 0 Å². The second-order valence-corrected chi connectivity index (χ2v) is 5.40. The summed E-state index contributed by atoms with van der Waals surface area (Å²) in [4.78, 5) is 24.4. The van der Waals surface area contributed by atoms with Crippen molar-refractivity contribution >= 4 is 40.2 Å². The molecule has 0 aromatic carbocycles. The Kier molecular flexibility index (Phi) is 6.50. The first kappa shape index (κ1) is 14.4. The lowest BCUT2D eigenvalue weighted by atomic mass is 10.2. The molecule has 1 aliphatic rings. The van der Waals surface area contributed by atoms with Gasteiger partial charge in [-0.3, -0.25) is 14.5 Å². The van der Waals surface area contributed by atoms with Gasteiger partial charge in [-0.1, -0.05) is 24.0 Å². The number of amides is 1. The minimum absolute atomic E-state index is 0.0730. The number of hydrogen-bond donors (Lipinski definition) is 0. The molecule has 0 aromatic rings. The Morgan fingerprint density at radius 2 is 2.12 bits per heavy atom. The molecule has 1 rings (SSSR count). The number of unbranched alkanes of at least 4 members (excludes halogenated alkanes) is 1. The normalized spacial score (nSPS) is 15.1. The first-order chi connectivity index (χ1) is 8.15. The standard InChI is InChI=1S/C11H17NO3S2/c1-2-15-10(14)6-4-3-5-9(13)12-7-8-17-11(12)16/h2-8H2,1H3. The molecule has 1 aliphatic heterocycles. The van der Waals surface area contributed by atoms with Gasteiger partial charge in [0.15, 0.2) is 0 Å². The van der Waals surface area contributed by atoms with Gasteiger partial charge in [0.1, 0.15) is 4.32 Å². The van der Waals surface area contributed by atoms with Crippen LogP contribution >= 0.6 is 24.0 Å². The van der Waals surface area contributed by atoms with Gasteiger partial charge in [0, 0.05) is 25.1 Å². The highest BCUT2D eigenvalue weighted by atomic mass is 32.2. The third-order valence-corrected chi connectivity index (χ3v) is 3.82. The fourth-order valence-electron chi connectivity index (χ4n) is 1.53. The molecule has 0 radical (unpaired) electrons. The number of esters is 1. The highest BCUT2D eigenvalue weighted by molar-refractivity contribution is 8.23. The van der Waals surface area contributed by atoms with Crippen LogP contribution in [-0.2, 0) is 14.3 Å². The van der Waals surface area contributed by atoms with Crippen LogP contribution in [0.25, 0.3) is 0 Å². The summed E-state index contributed by atoms with van der Waals surface area (Å²) in [6.07, 6.45) is 2.25. The van der Waals surface area contributed by atoms with Crippen molar-refractivity contribution in [2.24, 2.45) is 0 Å². The minimum atomic E-state index is -0.188. The lowest BCUT2D eigenvalue weighted by Gasteiger charge is -2.14. The Balaban J connectivity index is 2.12. The van der Waals surface area contributed by atoms with Crippen molar-refractivity contribution in [1.82, 2.24) is 4.90 Å². The van der Waals surface area contributed by atoms with Crippen molar-refractivity contribution in [3.05, 3.63) is 0 Å². The molecule has 6 heteroatoms. The molecule has 0 unspecified atom stereocenters. The monoisotopic (exact) mass is 275 g/mol. The molecule has 0 atom stereocenters. The third-order valence-electron chi connectivity index (χ3n) is 2.39. The molecule has 17 heavy (non-hydrogen) atoms. The van der Waals surface area contributed by atoms with Crippen LogP contribution in [0.15, 0.2) is 0 Å². The Hall–Kier alpha value is -0.620. The smallest absolute Gasteiger partial charge is 0.305 e. The molecule has 0 saturated carbocycles. The van der Waals surface area contributed by atoms with Gasteiger partial charge in [-0.05, 0) is 19.8 Å². The summed E-state index contributed by atoms with van der Waals surface area (Å²) >= 11 is 6.61. The van der Waals surface area contributed by atoms with Crippen molar-refractivity contribution in [2.75, 3.05) is 18.9 Å². The summed E-state index contributed by atoms with van der Waals surface area (Å²) in [6, 6.07) is 0. The summed E-state index contributed by atoms with van der Waals surface area (Å²) in [5.41, 5.74) is 0. The van der Waals surface area contributed by atoms with Crippen LogP contribution < -0.4 is 0 Å². The molecule has 1 fully saturated rings. The highest BCUT2D eigenvalue weighted by Gasteiger charge is 2.23. The molecule has 0 N–H and O–H groups in total. The molecule has 1 heterocycles. The van der Waals surface area contributed by atoms with E-state index in [1.165, 1.54) is 0 Å². The minimum Gasteiger partial charge on any atom is -0.466 e. The van der Waals surface area contributed by atoms with E-state index in [1.807, 2.05) is 0 Å². The number of ether oxygens (including phenoxy) is 1. The zero-order chi connectivity index (χ0) is 12.7. The molecule has 1 amide bonds. The average molecular weight is 275 g/mol. The molecule has 0 bridgehead atoms. The summed E-state index contributed by atoms with van der Waals surface area (Å²) in [5, 5.41) is 0. The molecular weight excluding hydrogens is 258 g/mol. The first-order valence-corrected chi connectivity index (χ1v) is 7.17. The van der Waals surface area contributed by atoms with E-state index in [0.717, 1.165) is 12.3 Å². The van der Waals surface area contributed by atoms with Gasteiger partial charge in [-0.25, -0.2) is 0 Å². The number of thioether (sulfide) groups is 1. The van der Waals surface area contributed by atoms with Crippen LogP contribution in [-0.4, -0.2) is 40.0 Å². The number of hydrogen-bond acceptors (Lipinski definition) is 5. The van der Waals surface area contributed by atoms with Crippen LogP contribution in [0.4, 0.5) is 0 Å². The maximum absolute atomic E-state index is 11.7. The predicted molar refractivity (Wildman–Crippen MR) is 71.9 cm³/mol.